The second-order valence-electron chi connectivity index (χ2n) is 11.3. The fourth-order valence-corrected chi connectivity index (χ4v) is 7.05. The van der Waals surface area contributed by atoms with Gasteiger partial charge in [-0.25, -0.2) is 18.1 Å². The van der Waals surface area contributed by atoms with Crippen molar-refractivity contribution in [2.45, 2.75) is 92.9 Å². The Morgan fingerprint density at radius 3 is 2.05 bits per heavy atom. The molecule has 5 atom stereocenters. The normalized spacial score (nSPS) is 25.3. The zero-order valence-corrected chi connectivity index (χ0v) is 30.1. The van der Waals surface area contributed by atoms with Gasteiger partial charge in [-0.1, -0.05) is 108 Å². The molecule has 0 aromatic heterocycles. The largest absolute Gasteiger partial charge is 3.00 e. The maximum absolute atomic E-state index is 2.67. The van der Waals surface area contributed by atoms with Crippen molar-refractivity contribution in [3.63, 3.8) is 0 Å². The molecule has 1 heteroatoms. The van der Waals surface area contributed by atoms with Gasteiger partial charge in [0.25, 0.3) is 0 Å². The molecule has 0 heterocycles. The molecule has 1 aromatic rings. The summed E-state index contributed by atoms with van der Waals surface area (Å²) in [4.78, 5) is 0. The van der Waals surface area contributed by atoms with Crippen molar-refractivity contribution < 1.29 is 32.7 Å². The van der Waals surface area contributed by atoms with E-state index in [0.717, 1.165) is 12.8 Å². The van der Waals surface area contributed by atoms with E-state index in [2.05, 4.69) is 94.8 Å². The number of hydrogen-bond acceptors (Lipinski definition) is 0. The van der Waals surface area contributed by atoms with Gasteiger partial charge in [-0.2, -0.15) is 0 Å². The van der Waals surface area contributed by atoms with Gasteiger partial charge in [0.15, 0.2) is 0 Å². The Balaban J connectivity index is 0.00000110. The van der Waals surface area contributed by atoms with Gasteiger partial charge >= 0.3 is 32.7 Å². The van der Waals surface area contributed by atoms with Crippen molar-refractivity contribution in [2.75, 3.05) is 0 Å². The second kappa shape index (κ2) is 16.3. The average Bonchev–Trinajstić information content (AvgIpc) is 3.65. The van der Waals surface area contributed by atoms with Crippen LogP contribution in [0, 0.1) is 44.9 Å². The van der Waals surface area contributed by atoms with E-state index in [9.17, 15) is 0 Å². The summed E-state index contributed by atoms with van der Waals surface area (Å²) in [7, 11) is 0. The van der Waals surface area contributed by atoms with Crippen LogP contribution in [-0.4, -0.2) is 0 Å². The van der Waals surface area contributed by atoms with E-state index < -0.39 is 0 Å². The molecule has 0 saturated heterocycles. The standard InChI is InChI=1S/C33H37.2C2H6.2CH3.Y/c1-5-22-6-7-24(16-22)26-10-12-29-28-14-15-31(32(29)18-26)33-19-27(11-13-30(28)33)25-9-8-23(17-25)21(4)20(2)3;2*1-2;;;/h5-13,18-21,28,30-31,33H,14-17H2,1-4H3;2*1-2H3;2*1H3;/q-1;;;2*-1;+3. The van der Waals surface area contributed by atoms with E-state index in [-0.39, 0.29) is 47.6 Å². The Morgan fingerprint density at radius 2 is 1.43 bits per heavy atom. The van der Waals surface area contributed by atoms with Crippen molar-refractivity contribution in [3.8, 4) is 0 Å². The van der Waals surface area contributed by atoms with Gasteiger partial charge in [-0.15, -0.1) is 13.0 Å². The summed E-state index contributed by atoms with van der Waals surface area (Å²) in [6, 6.07) is 7.43. The van der Waals surface area contributed by atoms with Gasteiger partial charge in [-0.3, -0.25) is 0 Å². The predicted molar refractivity (Wildman–Crippen MR) is 176 cm³/mol. The van der Waals surface area contributed by atoms with Crippen molar-refractivity contribution in [3.05, 3.63) is 121 Å². The molecule has 0 N–H and O–H groups in total. The van der Waals surface area contributed by atoms with Gasteiger partial charge in [0.1, 0.15) is 0 Å². The number of allylic oxidation sites excluding steroid dienone is 12. The Kier molecular flexibility index (Phi) is 15.0. The molecular weight excluding hydrogens is 557 g/mol. The molecule has 6 aliphatic rings. The first kappa shape index (κ1) is 36.7. The van der Waals surface area contributed by atoms with Crippen LogP contribution >= 0.6 is 0 Å². The van der Waals surface area contributed by atoms with Crippen LogP contribution in [0.5, 0.6) is 0 Å². The fraction of sp³-hybridized carbons (Fsp3) is 0.462. The summed E-state index contributed by atoms with van der Waals surface area (Å²) in [6.07, 6.45) is 24.3. The van der Waals surface area contributed by atoms with Crippen molar-refractivity contribution in [1.29, 1.82) is 0 Å². The molecule has 0 radical (unpaired) electrons. The van der Waals surface area contributed by atoms with Crippen LogP contribution in [0.2, 0.25) is 0 Å². The van der Waals surface area contributed by atoms with Crippen LogP contribution in [0.3, 0.4) is 0 Å². The smallest absolute Gasteiger partial charge is 0.358 e. The Bertz CT molecular complexity index is 1170. The zero-order valence-electron chi connectivity index (χ0n) is 27.2. The third-order valence-corrected chi connectivity index (χ3v) is 9.40. The molecule has 5 unspecified atom stereocenters. The van der Waals surface area contributed by atoms with Crippen LogP contribution in [0.1, 0.15) is 110 Å². The second-order valence-corrected chi connectivity index (χ2v) is 11.3. The number of benzene rings is 1. The quantitative estimate of drug-likeness (QED) is 0.290. The van der Waals surface area contributed by atoms with Crippen LogP contribution in [0.4, 0.5) is 0 Å². The van der Waals surface area contributed by atoms with Crippen LogP contribution < -0.4 is 0 Å². The Hall–Kier alpha value is -1.37. The molecule has 0 aliphatic heterocycles. The van der Waals surface area contributed by atoms with E-state index in [1.54, 1.807) is 16.7 Å². The first-order valence-corrected chi connectivity index (χ1v) is 15.2. The summed E-state index contributed by atoms with van der Waals surface area (Å²) in [6.45, 7) is 17.2. The molecule has 1 saturated carbocycles. The van der Waals surface area contributed by atoms with Crippen molar-refractivity contribution in [2.24, 2.45) is 23.7 Å². The zero-order chi connectivity index (χ0) is 26.7. The van der Waals surface area contributed by atoms with Gasteiger partial charge in [0.2, 0.25) is 0 Å². The molecule has 1 aromatic carbocycles. The average molecular weight is 613 g/mol. The number of hydrogen-bond donors (Lipinski definition) is 0. The minimum atomic E-state index is 0. The third-order valence-electron chi connectivity index (χ3n) is 9.40. The Morgan fingerprint density at radius 1 is 0.775 bits per heavy atom. The summed E-state index contributed by atoms with van der Waals surface area (Å²) in [5, 5.41) is 0. The molecule has 40 heavy (non-hydrogen) atoms. The number of rotatable bonds is 5. The van der Waals surface area contributed by atoms with Crippen molar-refractivity contribution in [1.82, 2.24) is 0 Å². The topological polar surface area (TPSA) is 0 Å². The molecule has 7 rings (SSSR count). The van der Waals surface area contributed by atoms with Gasteiger partial charge < -0.3 is 14.9 Å². The van der Waals surface area contributed by atoms with E-state index in [4.69, 9.17) is 0 Å². The fourth-order valence-electron chi connectivity index (χ4n) is 7.05. The van der Waals surface area contributed by atoms with Crippen LogP contribution in [0.15, 0.2) is 83.0 Å². The minimum absolute atomic E-state index is 0. The summed E-state index contributed by atoms with van der Waals surface area (Å²) < 4.78 is 0. The molecular formula is C39H55Y. The summed E-state index contributed by atoms with van der Waals surface area (Å²) in [5.41, 5.74) is 12.3. The summed E-state index contributed by atoms with van der Waals surface area (Å²) in [5.74, 6) is 4.09. The molecule has 0 spiro atoms. The van der Waals surface area contributed by atoms with Crippen molar-refractivity contribution >= 4 is 5.57 Å². The monoisotopic (exact) mass is 612 g/mol. The Labute approximate surface area is 274 Å². The SMILES string of the molecule is CC.CC.C[CH-]C1=CC=C(c2ccc3c(c2)C2CCC3C3C=CC(C4=CC=C(C(C)C(C)C)C4)=CC23)C1.[CH3-].[CH3-].[Y+3]. The first-order valence-electron chi connectivity index (χ1n) is 15.2. The molecule has 0 nitrogen and oxygen atoms in total. The molecule has 6 aliphatic carbocycles. The van der Waals surface area contributed by atoms with E-state index in [1.165, 1.54) is 40.7 Å². The van der Waals surface area contributed by atoms with E-state index >= 15 is 0 Å². The molecule has 1 fully saturated rings. The maximum Gasteiger partial charge on any atom is 3.00 e. The van der Waals surface area contributed by atoms with Gasteiger partial charge in [0, 0.05) is 0 Å². The van der Waals surface area contributed by atoms with E-state index in [0.29, 0.717) is 35.5 Å². The molecule has 214 valence electrons. The van der Waals surface area contributed by atoms with Gasteiger partial charge in [0.05, 0.1) is 0 Å². The van der Waals surface area contributed by atoms with E-state index in [1.807, 2.05) is 27.7 Å². The van der Waals surface area contributed by atoms with Gasteiger partial charge in [-0.05, 0) is 89.0 Å². The predicted octanol–water partition coefficient (Wildman–Crippen LogP) is 11.8. The molecule has 2 bridgehead atoms. The summed E-state index contributed by atoms with van der Waals surface area (Å²) >= 11 is 0. The first-order chi connectivity index (χ1) is 18.0. The molecule has 0 amide bonds. The number of fused-ring (bicyclic) bond motifs is 1. The maximum atomic E-state index is 2.67. The van der Waals surface area contributed by atoms with Crippen LogP contribution in [-0.2, 0) is 32.7 Å². The third kappa shape index (κ3) is 6.98. The van der Waals surface area contributed by atoms with Crippen LogP contribution in [0.25, 0.3) is 5.57 Å². The minimum Gasteiger partial charge on any atom is -0.358 e.